The Morgan fingerprint density at radius 3 is 1.38 bits per heavy atom. The first kappa shape index (κ1) is 43.5. The van der Waals surface area contributed by atoms with Gasteiger partial charge in [-0.2, -0.15) is 0 Å². The smallest absolute Gasteiger partial charge is 0.179 e. The molecule has 0 radical (unpaired) electrons. The molecule has 0 spiro atoms. The van der Waals surface area contributed by atoms with Gasteiger partial charge in [-0.1, -0.05) is 224 Å². The van der Waals surface area contributed by atoms with Crippen molar-refractivity contribution in [3.05, 3.63) is 265 Å². The molecule has 0 unspecified atom stereocenters. The molecule has 0 aliphatic heterocycles. The molecule has 5 heteroatoms. The average molecular weight is 927 g/mol. The lowest BCUT2D eigenvalue weighted by Gasteiger charge is -2.34. The summed E-state index contributed by atoms with van der Waals surface area (Å²) >= 11 is 0. The molecule has 0 N–H and O–H groups in total. The number of para-hydroxylation sites is 1. The van der Waals surface area contributed by atoms with Crippen LogP contribution in [0.2, 0.25) is 0 Å². The van der Waals surface area contributed by atoms with Crippen LogP contribution in [0.3, 0.4) is 0 Å². The summed E-state index contributed by atoms with van der Waals surface area (Å²) in [6.45, 7) is 6.62. The molecule has 10 aromatic carbocycles. The van der Waals surface area contributed by atoms with E-state index in [9.17, 15) is 0 Å². The van der Waals surface area contributed by atoms with E-state index in [0.717, 1.165) is 44.5 Å². The standard InChI is InChI=1S/C66H50N4Si/c1-45-40-46(2)63(47(3)41-45)51-36-39-62-59(43-51)58-34-19-20-35-61(58)70(62)52-37-38-57(60(44-52)66-68-64(48-22-9-4-10-23-48)67-65(69-66)49-24-11-5-12-25-49)50-26-21-33-56(42-50)71(53-27-13-6-14-28-53,54-29-15-7-16-30-54)55-31-17-8-18-32-55/h4-44H,1-3H3. The minimum absolute atomic E-state index is 0.603. The number of aromatic nitrogens is 4. The van der Waals surface area contributed by atoms with E-state index in [2.05, 4.69) is 238 Å². The fourth-order valence-corrected chi connectivity index (χ4v) is 15.9. The fourth-order valence-electron chi connectivity index (χ4n) is 11.1. The molecule has 71 heavy (non-hydrogen) atoms. The average Bonchev–Trinajstić information content (AvgIpc) is 3.76. The Morgan fingerprint density at radius 1 is 0.324 bits per heavy atom. The molecule has 12 rings (SSSR count). The maximum Gasteiger partial charge on any atom is 0.179 e. The first-order chi connectivity index (χ1) is 34.9. The van der Waals surface area contributed by atoms with Crippen LogP contribution in [0.15, 0.2) is 249 Å². The van der Waals surface area contributed by atoms with Gasteiger partial charge in [0.05, 0.1) is 11.0 Å². The molecule has 12 aromatic rings. The third kappa shape index (κ3) is 7.77. The summed E-state index contributed by atoms with van der Waals surface area (Å²) in [5.41, 5.74) is 14.5. The predicted octanol–water partition coefficient (Wildman–Crippen LogP) is 13.6. The minimum atomic E-state index is -2.87. The normalized spacial score (nSPS) is 11.6. The lowest BCUT2D eigenvalue weighted by Crippen LogP contribution is -2.74. The van der Waals surface area contributed by atoms with Crippen molar-refractivity contribution in [1.29, 1.82) is 0 Å². The highest BCUT2D eigenvalue weighted by molar-refractivity contribution is 7.19. The Bertz CT molecular complexity index is 3710. The Kier molecular flexibility index (Phi) is 11.2. The SMILES string of the molecule is Cc1cc(C)c(-c2ccc3c(c2)c2ccccc2n3-c2ccc(-c3cccc([Si](c4ccccc4)(c4ccccc4)c4ccccc4)c3)c(-c3nc(-c4ccccc4)nc(-c4ccccc4)n3)c2)c(C)c1. The largest absolute Gasteiger partial charge is 0.309 e. The van der Waals surface area contributed by atoms with Gasteiger partial charge in [-0.05, 0) is 105 Å². The molecule has 0 aliphatic rings. The predicted molar refractivity (Wildman–Crippen MR) is 299 cm³/mol. The molecule has 0 saturated heterocycles. The monoisotopic (exact) mass is 926 g/mol. The summed E-state index contributed by atoms with van der Waals surface area (Å²) in [5.74, 6) is 1.84. The number of benzene rings is 10. The van der Waals surface area contributed by atoms with E-state index in [1.54, 1.807) is 0 Å². The molecule has 2 aromatic heterocycles. The van der Waals surface area contributed by atoms with Crippen molar-refractivity contribution in [2.75, 3.05) is 0 Å². The second-order valence-electron chi connectivity index (χ2n) is 18.6. The van der Waals surface area contributed by atoms with Crippen molar-refractivity contribution in [3.63, 3.8) is 0 Å². The second-order valence-corrected chi connectivity index (χ2v) is 22.4. The van der Waals surface area contributed by atoms with Gasteiger partial charge in [-0.3, -0.25) is 0 Å². The van der Waals surface area contributed by atoms with Crippen LogP contribution in [0, 0.1) is 20.8 Å². The van der Waals surface area contributed by atoms with E-state index in [1.807, 2.05) is 36.4 Å². The Labute approximate surface area is 416 Å². The van der Waals surface area contributed by atoms with Crippen molar-refractivity contribution in [3.8, 4) is 62.1 Å². The maximum absolute atomic E-state index is 5.39. The highest BCUT2D eigenvalue weighted by Crippen LogP contribution is 2.40. The van der Waals surface area contributed by atoms with Gasteiger partial charge < -0.3 is 4.57 Å². The molecule has 0 saturated carbocycles. The third-order valence-corrected chi connectivity index (χ3v) is 18.8. The lowest BCUT2D eigenvalue weighted by molar-refractivity contribution is 1.07. The zero-order chi connectivity index (χ0) is 47.9. The van der Waals surface area contributed by atoms with Crippen LogP contribution in [0.25, 0.3) is 83.9 Å². The van der Waals surface area contributed by atoms with Crippen LogP contribution in [0.5, 0.6) is 0 Å². The van der Waals surface area contributed by atoms with Crippen molar-refractivity contribution in [2.45, 2.75) is 20.8 Å². The van der Waals surface area contributed by atoms with Gasteiger partial charge in [0.15, 0.2) is 25.5 Å². The first-order valence-electron chi connectivity index (χ1n) is 24.3. The Balaban J connectivity index is 1.13. The summed E-state index contributed by atoms with van der Waals surface area (Å²) in [6.07, 6.45) is 0. The third-order valence-electron chi connectivity index (χ3n) is 14.1. The van der Waals surface area contributed by atoms with E-state index in [0.29, 0.717) is 17.5 Å². The van der Waals surface area contributed by atoms with Crippen LogP contribution in [-0.2, 0) is 0 Å². The number of hydrogen-bond donors (Lipinski definition) is 0. The number of fused-ring (bicyclic) bond motifs is 3. The van der Waals surface area contributed by atoms with E-state index < -0.39 is 8.07 Å². The summed E-state index contributed by atoms with van der Waals surface area (Å²) in [4.78, 5) is 15.9. The van der Waals surface area contributed by atoms with Crippen LogP contribution in [0.1, 0.15) is 16.7 Å². The lowest BCUT2D eigenvalue weighted by atomic mass is 9.93. The molecule has 0 atom stereocenters. The molecule has 338 valence electrons. The molecule has 0 amide bonds. The highest BCUT2D eigenvalue weighted by atomic mass is 28.3. The molecule has 0 aliphatic carbocycles. The van der Waals surface area contributed by atoms with Crippen molar-refractivity contribution in [2.24, 2.45) is 0 Å². The topological polar surface area (TPSA) is 43.6 Å². The van der Waals surface area contributed by atoms with Gasteiger partial charge in [0.2, 0.25) is 0 Å². The van der Waals surface area contributed by atoms with E-state index in [-0.39, 0.29) is 0 Å². The number of rotatable bonds is 10. The maximum atomic E-state index is 5.39. The molecule has 2 heterocycles. The molecule has 0 bridgehead atoms. The number of hydrogen-bond acceptors (Lipinski definition) is 3. The Morgan fingerprint density at radius 2 is 0.803 bits per heavy atom. The van der Waals surface area contributed by atoms with E-state index >= 15 is 0 Å². The van der Waals surface area contributed by atoms with Crippen molar-refractivity contribution in [1.82, 2.24) is 19.5 Å². The van der Waals surface area contributed by atoms with Crippen LogP contribution >= 0.6 is 0 Å². The summed E-state index contributed by atoms with van der Waals surface area (Å²) in [7, 11) is -2.87. The molecule has 0 fully saturated rings. The Hall–Kier alpha value is -8.77. The van der Waals surface area contributed by atoms with Gasteiger partial charge in [0, 0.05) is 33.2 Å². The van der Waals surface area contributed by atoms with Crippen LogP contribution in [-0.4, -0.2) is 27.6 Å². The van der Waals surface area contributed by atoms with Gasteiger partial charge >= 0.3 is 0 Å². The summed E-state index contributed by atoms with van der Waals surface area (Å²) < 4.78 is 2.41. The fraction of sp³-hybridized carbons (Fsp3) is 0.0455. The van der Waals surface area contributed by atoms with Gasteiger partial charge in [-0.15, -0.1) is 0 Å². The van der Waals surface area contributed by atoms with Gasteiger partial charge in [-0.25, -0.2) is 15.0 Å². The van der Waals surface area contributed by atoms with Crippen LogP contribution in [0.4, 0.5) is 0 Å². The van der Waals surface area contributed by atoms with E-state index in [1.165, 1.54) is 59.3 Å². The number of aryl methyl sites for hydroxylation is 3. The molecular weight excluding hydrogens is 877 g/mol. The van der Waals surface area contributed by atoms with Crippen LogP contribution < -0.4 is 20.7 Å². The summed E-state index contributed by atoms with van der Waals surface area (Å²) in [6, 6.07) is 90.2. The molecular formula is C66H50N4Si. The second kappa shape index (κ2) is 18.3. The van der Waals surface area contributed by atoms with Gasteiger partial charge in [0.1, 0.15) is 0 Å². The van der Waals surface area contributed by atoms with Crippen molar-refractivity contribution >= 4 is 50.6 Å². The zero-order valence-electron chi connectivity index (χ0n) is 40.0. The van der Waals surface area contributed by atoms with Gasteiger partial charge in [0.25, 0.3) is 0 Å². The quantitative estimate of drug-likeness (QED) is 0.101. The molecule has 4 nitrogen and oxygen atoms in total. The zero-order valence-corrected chi connectivity index (χ0v) is 41.0. The van der Waals surface area contributed by atoms with Crippen molar-refractivity contribution < 1.29 is 0 Å². The summed E-state index contributed by atoms with van der Waals surface area (Å²) in [5, 5.41) is 7.67. The first-order valence-corrected chi connectivity index (χ1v) is 26.3. The van der Waals surface area contributed by atoms with E-state index in [4.69, 9.17) is 15.0 Å². The highest BCUT2D eigenvalue weighted by Gasteiger charge is 2.41. The number of nitrogens with zero attached hydrogens (tertiary/aromatic N) is 4. The minimum Gasteiger partial charge on any atom is -0.309 e.